The van der Waals surface area contributed by atoms with Crippen LogP contribution in [-0.2, 0) is 16.2 Å². The molecule has 2 aliphatic heterocycles. The second kappa shape index (κ2) is 11.8. The van der Waals surface area contributed by atoms with E-state index in [4.69, 9.17) is 29.9 Å². The Hall–Kier alpha value is -6.45. The quantitative estimate of drug-likeness (QED) is 0.0974. The van der Waals surface area contributed by atoms with Gasteiger partial charge in [0.15, 0.2) is 23.3 Å². The van der Waals surface area contributed by atoms with Gasteiger partial charge in [-0.25, -0.2) is 29.9 Å². The number of rotatable bonds is 1. The summed E-state index contributed by atoms with van der Waals surface area (Å²) < 4.78 is 0. The van der Waals surface area contributed by atoms with Crippen molar-refractivity contribution in [2.24, 2.45) is 5.11 Å². The molecule has 3 aromatic heterocycles. The molecule has 0 aliphatic carbocycles. The van der Waals surface area contributed by atoms with Crippen molar-refractivity contribution < 1.29 is 0 Å². The molecule has 55 heavy (non-hydrogen) atoms. The van der Waals surface area contributed by atoms with Crippen LogP contribution >= 0.6 is 0 Å². The Morgan fingerprint density at radius 1 is 0.436 bits per heavy atom. The van der Waals surface area contributed by atoms with Gasteiger partial charge in [0.05, 0.1) is 0 Å². The van der Waals surface area contributed by atoms with Crippen LogP contribution in [0, 0.1) is 0 Å². The number of fused-ring (bicyclic) bond motifs is 20. The van der Waals surface area contributed by atoms with E-state index in [-0.39, 0.29) is 16.2 Å². The fraction of sp³-hybridized carbons (Fsp3) is 0.273. The number of aromatic amines is 2. The van der Waals surface area contributed by atoms with E-state index in [0.717, 1.165) is 38.2 Å². The Morgan fingerprint density at radius 3 is 1.27 bits per heavy atom. The van der Waals surface area contributed by atoms with Gasteiger partial charge in [-0.2, -0.15) is 0 Å². The highest BCUT2D eigenvalue weighted by molar-refractivity contribution is 6.07. The van der Waals surface area contributed by atoms with Crippen molar-refractivity contribution in [3.05, 3.63) is 99.9 Å². The summed E-state index contributed by atoms with van der Waals surface area (Å²) in [4.78, 5) is 41.2. The van der Waals surface area contributed by atoms with Crippen molar-refractivity contribution in [1.29, 1.82) is 0 Å². The summed E-state index contributed by atoms with van der Waals surface area (Å²) in [5.41, 5.74) is 18.7. The largest absolute Gasteiger partial charge is 0.324 e. The van der Waals surface area contributed by atoms with Gasteiger partial charge in [-0.05, 0) is 68.8 Å². The van der Waals surface area contributed by atoms with Gasteiger partial charge in [0.2, 0.25) is 0 Å². The zero-order chi connectivity index (χ0) is 38.6. The summed E-state index contributed by atoms with van der Waals surface area (Å²) in [7, 11) is 0. The minimum Gasteiger partial charge on any atom is -0.324 e. The molecule has 8 bridgehead atoms. The second-order valence-electron chi connectivity index (χ2n) is 17.6. The molecule has 0 amide bonds. The van der Waals surface area contributed by atoms with E-state index in [9.17, 15) is 5.53 Å². The molecule has 0 saturated heterocycles. The van der Waals surface area contributed by atoms with Crippen molar-refractivity contribution in [1.82, 2.24) is 39.9 Å². The average molecular weight is 724 g/mol. The Kier molecular flexibility index (Phi) is 7.35. The maximum atomic E-state index is 9.27. The van der Waals surface area contributed by atoms with Crippen LogP contribution in [0.4, 0.5) is 5.69 Å². The molecule has 11 nitrogen and oxygen atoms in total. The molecular formula is C44H41N11. The van der Waals surface area contributed by atoms with Gasteiger partial charge in [-0.1, -0.05) is 110 Å². The molecule has 4 aromatic carbocycles. The van der Waals surface area contributed by atoms with Gasteiger partial charge in [0, 0.05) is 54.4 Å². The fourth-order valence-corrected chi connectivity index (χ4v) is 7.30. The van der Waals surface area contributed by atoms with Gasteiger partial charge < -0.3 is 9.97 Å². The lowest BCUT2D eigenvalue weighted by atomic mass is 9.85. The molecule has 2 N–H and O–H groups in total. The SMILES string of the molecule is CC(C)(C)c1ccc2c(c1)-c1nc-2nc2[nH]c(nc3nc(nc4[nH]c(n1)c1ccc(C(C)(C)C)cc41)-c1ccc(N=[N+]=[N-])cc1-3)c1ccc(C(C)(C)C)cc21. The summed E-state index contributed by atoms with van der Waals surface area (Å²) in [6.45, 7) is 19.8. The highest BCUT2D eigenvalue weighted by atomic mass is 15.1. The number of benzene rings is 4. The molecule has 0 radical (unpaired) electrons. The fourth-order valence-electron chi connectivity index (χ4n) is 7.30. The maximum absolute atomic E-state index is 9.27. The van der Waals surface area contributed by atoms with E-state index in [2.05, 4.69) is 137 Å². The first kappa shape index (κ1) is 34.3. The molecule has 7 aromatic rings. The van der Waals surface area contributed by atoms with Crippen LogP contribution in [0.15, 0.2) is 77.9 Å². The molecule has 2 aliphatic rings. The topological polar surface area (TPSA) is 158 Å². The third-order valence-corrected chi connectivity index (χ3v) is 10.6. The Bertz CT molecular complexity index is 2970. The third-order valence-electron chi connectivity index (χ3n) is 10.6. The monoisotopic (exact) mass is 723 g/mol. The first-order valence-corrected chi connectivity index (χ1v) is 18.5. The van der Waals surface area contributed by atoms with E-state index in [0.29, 0.717) is 57.1 Å². The molecule has 0 fully saturated rings. The number of azide groups is 1. The number of aromatic nitrogens is 8. The zero-order valence-electron chi connectivity index (χ0n) is 32.5. The van der Waals surface area contributed by atoms with Crippen LogP contribution < -0.4 is 0 Å². The summed E-state index contributed by atoms with van der Waals surface area (Å²) in [6.07, 6.45) is 0. The lowest BCUT2D eigenvalue weighted by Crippen LogP contribution is -2.10. The molecule has 0 atom stereocenters. The summed E-state index contributed by atoms with van der Waals surface area (Å²) >= 11 is 0. The Balaban J connectivity index is 1.47. The summed E-state index contributed by atoms with van der Waals surface area (Å²) in [6, 6.07) is 24.8. The van der Waals surface area contributed by atoms with Gasteiger partial charge >= 0.3 is 0 Å². The maximum Gasteiger partial charge on any atom is 0.164 e. The average Bonchev–Trinajstić information content (AvgIpc) is 3.85. The number of H-pyrrole nitrogens is 2. The van der Waals surface area contributed by atoms with Gasteiger partial charge in [0.1, 0.15) is 22.6 Å². The van der Waals surface area contributed by atoms with Gasteiger partial charge in [-0.3, -0.25) is 0 Å². The minimum atomic E-state index is -0.0986. The highest BCUT2D eigenvalue weighted by Gasteiger charge is 2.26. The van der Waals surface area contributed by atoms with Crippen molar-refractivity contribution in [2.45, 2.75) is 78.6 Å². The molecule has 0 unspecified atom stereocenters. The molecule has 272 valence electrons. The lowest BCUT2D eigenvalue weighted by Gasteiger charge is -2.19. The molecule has 0 saturated carbocycles. The summed E-state index contributed by atoms with van der Waals surface area (Å²) in [5.74, 6) is 2.05. The normalized spacial score (nSPS) is 12.8. The van der Waals surface area contributed by atoms with Crippen LogP contribution in [0.1, 0.15) is 79.0 Å². The van der Waals surface area contributed by atoms with E-state index >= 15 is 0 Å². The van der Waals surface area contributed by atoms with E-state index in [1.54, 1.807) is 12.1 Å². The van der Waals surface area contributed by atoms with Gasteiger partial charge in [-0.15, -0.1) is 0 Å². The predicted octanol–water partition coefficient (Wildman–Crippen LogP) is 11.7. The Labute approximate surface area is 318 Å². The highest BCUT2D eigenvalue weighted by Crippen LogP contribution is 2.40. The molecule has 9 rings (SSSR count). The van der Waals surface area contributed by atoms with Crippen LogP contribution in [0.3, 0.4) is 0 Å². The number of hydrogen-bond donors (Lipinski definition) is 2. The molecule has 11 heteroatoms. The van der Waals surface area contributed by atoms with Crippen molar-refractivity contribution in [3.8, 4) is 45.6 Å². The van der Waals surface area contributed by atoms with Crippen LogP contribution in [0.25, 0.3) is 100 Å². The summed E-state index contributed by atoms with van der Waals surface area (Å²) in [5, 5.41) is 7.53. The van der Waals surface area contributed by atoms with E-state index < -0.39 is 0 Å². The lowest BCUT2D eigenvalue weighted by molar-refractivity contribution is 0.590. The smallest absolute Gasteiger partial charge is 0.164 e. The van der Waals surface area contributed by atoms with Crippen molar-refractivity contribution >= 4 is 49.8 Å². The zero-order valence-corrected chi connectivity index (χ0v) is 32.5. The van der Waals surface area contributed by atoms with Crippen LogP contribution in [-0.4, -0.2) is 39.9 Å². The number of nitrogens with one attached hydrogen (secondary N) is 2. The van der Waals surface area contributed by atoms with Crippen molar-refractivity contribution in [2.75, 3.05) is 0 Å². The Morgan fingerprint density at radius 2 is 0.818 bits per heavy atom. The van der Waals surface area contributed by atoms with E-state index in [1.165, 1.54) is 16.7 Å². The first-order valence-electron chi connectivity index (χ1n) is 18.5. The third kappa shape index (κ3) is 5.79. The van der Waals surface area contributed by atoms with Crippen LogP contribution in [0.5, 0.6) is 0 Å². The molecule has 5 heterocycles. The number of nitrogens with zero attached hydrogens (tertiary/aromatic N) is 9. The van der Waals surface area contributed by atoms with Gasteiger partial charge in [0.25, 0.3) is 0 Å². The predicted molar refractivity (Wildman–Crippen MR) is 221 cm³/mol. The van der Waals surface area contributed by atoms with E-state index in [1.807, 2.05) is 6.07 Å². The minimum absolute atomic E-state index is 0.0883. The number of hydrogen-bond acceptors (Lipinski definition) is 7. The second-order valence-corrected chi connectivity index (χ2v) is 17.6. The van der Waals surface area contributed by atoms with Crippen molar-refractivity contribution in [3.63, 3.8) is 0 Å². The molecular weight excluding hydrogens is 683 g/mol. The first-order chi connectivity index (χ1) is 26.0. The molecule has 0 spiro atoms. The standard InChI is InChI=1S/C44H41N11/c1-42(2,3)22-10-14-26-30(18-22)38-46-34(26)48-39-32-20-24(44(7,8)9)12-16-28(32)36(50-39)52-41-33-21-25(54-55-45)13-17-29(33)37(53-41)51-40-31-19-23(43(4,5)6)11-15-27(31)35(47-38)49-40/h10-21H,1-9H3,(H2,46,47,48,49,50,51,52,53). The van der Waals surface area contributed by atoms with Crippen LogP contribution in [0.2, 0.25) is 0 Å².